The normalized spacial score (nSPS) is 17.7. The summed E-state index contributed by atoms with van der Waals surface area (Å²) < 4.78 is 0. The molecular weight excluding hydrogens is 326 g/mol. The monoisotopic (exact) mass is 353 g/mol. The largest absolute Gasteiger partial charge is 0.358 e. The highest BCUT2D eigenvalue weighted by molar-refractivity contribution is 5.99. The minimum absolute atomic E-state index is 0.0134. The summed E-state index contributed by atoms with van der Waals surface area (Å²) in [5, 5.41) is 1.21. The van der Waals surface area contributed by atoms with E-state index in [2.05, 4.69) is 11.1 Å². The lowest BCUT2D eigenvalue weighted by Crippen LogP contribution is -2.51. The summed E-state index contributed by atoms with van der Waals surface area (Å²) in [5.41, 5.74) is 4.64. The molecule has 1 N–H and O–H groups in total. The Kier molecular flexibility index (Phi) is 4.47. The molecule has 2 aliphatic rings. The molecule has 26 heavy (non-hydrogen) atoms. The second-order valence-electron chi connectivity index (χ2n) is 7.82. The second kappa shape index (κ2) is 6.78. The van der Waals surface area contributed by atoms with Crippen LogP contribution in [-0.4, -0.2) is 52.8 Å². The molecule has 0 unspecified atom stereocenters. The highest BCUT2D eigenvalue weighted by Crippen LogP contribution is 2.30. The number of carbonyl (C=O) groups is 2. The average molecular weight is 353 g/mol. The summed E-state index contributed by atoms with van der Waals surface area (Å²) in [6.45, 7) is 6.33. The molecule has 1 aliphatic carbocycles. The van der Waals surface area contributed by atoms with Crippen LogP contribution in [0.2, 0.25) is 0 Å². The molecule has 2 amide bonds. The van der Waals surface area contributed by atoms with Crippen molar-refractivity contribution in [2.45, 2.75) is 39.5 Å². The van der Waals surface area contributed by atoms with Crippen molar-refractivity contribution in [2.24, 2.45) is 5.92 Å². The summed E-state index contributed by atoms with van der Waals surface area (Å²) in [5.74, 6) is 0.270. The Hall–Kier alpha value is -2.30. The smallest absolute Gasteiger partial charge is 0.253 e. The fraction of sp³-hybridized carbons (Fsp3) is 0.524. The molecule has 5 nitrogen and oxygen atoms in total. The third-order valence-electron chi connectivity index (χ3n) is 5.72. The molecule has 1 aliphatic heterocycles. The van der Waals surface area contributed by atoms with Crippen molar-refractivity contribution < 1.29 is 9.59 Å². The number of benzene rings is 1. The number of fused-ring (bicyclic) bond motifs is 3. The summed E-state index contributed by atoms with van der Waals surface area (Å²) in [6.07, 6.45) is 4.68. The third kappa shape index (κ3) is 3.00. The second-order valence-corrected chi connectivity index (χ2v) is 7.82. The van der Waals surface area contributed by atoms with Gasteiger partial charge in [-0.1, -0.05) is 13.8 Å². The van der Waals surface area contributed by atoms with E-state index < -0.39 is 0 Å². The summed E-state index contributed by atoms with van der Waals surface area (Å²) in [7, 11) is 0. The van der Waals surface area contributed by atoms with Gasteiger partial charge in [-0.05, 0) is 49.4 Å². The molecule has 0 bridgehead atoms. The van der Waals surface area contributed by atoms with E-state index >= 15 is 0 Å². The zero-order valence-corrected chi connectivity index (χ0v) is 15.7. The van der Waals surface area contributed by atoms with Gasteiger partial charge in [0.25, 0.3) is 5.91 Å². The van der Waals surface area contributed by atoms with E-state index in [4.69, 9.17) is 0 Å². The molecule has 2 heterocycles. The van der Waals surface area contributed by atoms with Crippen LogP contribution < -0.4 is 0 Å². The number of hydrogen-bond donors (Lipinski definition) is 1. The molecule has 2 aromatic rings. The number of carbonyl (C=O) groups excluding carboxylic acids is 2. The lowest BCUT2D eigenvalue weighted by atomic mass is 9.95. The Bertz CT molecular complexity index is 844. The van der Waals surface area contributed by atoms with Crippen molar-refractivity contribution >= 4 is 22.7 Å². The molecule has 0 spiro atoms. The number of piperazine rings is 1. The van der Waals surface area contributed by atoms with Gasteiger partial charge in [-0.3, -0.25) is 9.59 Å². The van der Waals surface area contributed by atoms with Crippen LogP contribution in [0.5, 0.6) is 0 Å². The first-order chi connectivity index (χ1) is 12.5. The van der Waals surface area contributed by atoms with Crippen molar-refractivity contribution in [1.29, 1.82) is 0 Å². The zero-order chi connectivity index (χ0) is 18.3. The number of rotatable bonds is 2. The summed E-state index contributed by atoms with van der Waals surface area (Å²) in [4.78, 5) is 32.3. The average Bonchev–Trinajstić information content (AvgIpc) is 3.04. The fourth-order valence-corrected chi connectivity index (χ4v) is 4.22. The standard InChI is InChI=1S/C21H27N3O2/c1-14(2)20(25)23-9-11-24(12-10-23)21(26)15-7-8-19-17(13-15)16-5-3-4-6-18(16)22-19/h7-8,13-14,22H,3-6,9-12H2,1-2H3. The number of nitrogens with one attached hydrogen (secondary N) is 1. The van der Waals surface area contributed by atoms with Crippen LogP contribution in [-0.2, 0) is 17.6 Å². The number of aryl methyl sites for hydroxylation is 2. The Labute approximate surface area is 154 Å². The van der Waals surface area contributed by atoms with Crippen LogP contribution in [0.4, 0.5) is 0 Å². The van der Waals surface area contributed by atoms with Crippen molar-refractivity contribution in [3.8, 4) is 0 Å². The van der Waals surface area contributed by atoms with Gasteiger partial charge in [0.05, 0.1) is 0 Å². The van der Waals surface area contributed by atoms with Gasteiger partial charge in [0.1, 0.15) is 0 Å². The van der Waals surface area contributed by atoms with E-state index in [0.717, 1.165) is 23.9 Å². The Morgan fingerprint density at radius 3 is 2.42 bits per heavy atom. The van der Waals surface area contributed by atoms with Gasteiger partial charge >= 0.3 is 0 Å². The van der Waals surface area contributed by atoms with Gasteiger partial charge in [0.2, 0.25) is 5.91 Å². The molecular formula is C21H27N3O2. The van der Waals surface area contributed by atoms with Crippen LogP contribution >= 0.6 is 0 Å². The maximum atomic E-state index is 13.0. The highest BCUT2D eigenvalue weighted by atomic mass is 16.2. The molecule has 0 atom stereocenters. The molecule has 1 fully saturated rings. The van der Waals surface area contributed by atoms with Gasteiger partial charge in [-0.25, -0.2) is 0 Å². The van der Waals surface area contributed by atoms with E-state index in [9.17, 15) is 9.59 Å². The van der Waals surface area contributed by atoms with Crippen LogP contribution in [0, 0.1) is 5.92 Å². The van der Waals surface area contributed by atoms with Gasteiger partial charge in [0, 0.05) is 54.3 Å². The lowest BCUT2D eigenvalue weighted by molar-refractivity contribution is -0.135. The number of hydrogen-bond acceptors (Lipinski definition) is 2. The van der Waals surface area contributed by atoms with Crippen LogP contribution in [0.1, 0.15) is 48.3 Å². The van der Waals surface area contributed by atoms with Gasteiger partial charge in [-0.15, -0.1) is 0 Å². The SMILES string of the molecule is CC(C)C(=O)N1CCN(C(=O)c2ccc3[nH]c4c(c3c2)CCCC4)CC1. The molecule has 0 radical (unpaired) electrons. The van der Waals surface area contributed by atoms with Crippen molar-refractivity contribution in [2.75, 3.05) is 26.2 Å². The Morgan fingerprint density at radius 1 is 1.00 bits per heavy atom. The van der Waals surface area contributed by atoms with Crippen LogP contribution in [0.15, 0.2) is 18.2 Å². The van der Waals surface area contributed by atoms with E-state index in [0.29, 0.717) is 26.2 Å². The minimum Gasteiger partial charge on any atom is -0.358 e. The van der Waals surface area contributed by atoms with E-state index in [1.54, 1.807) is 0 Å². The highest BCUT2D eigenvalue weighted by Gasteiger charge is 2.26. The van der Waals surface area contributed by atoms with E-state index in [-0.39, 0.29) is 17.7 Å². The molecule has 1 aromatic heterocycles. The van der Waals surface area contributed by atoms with Gasteiger partial charge in [0.15, 0.2) is 0 Å². The molecule has 1 saturated heterocycles. The number of H-pyrrole nitrogens is 1. The number of aromatic nitrogens is 1. The van der Waals surface area contributed by atoms with E-state index in [1.807, 2.05) is 35.8 Å². The number of amides is 2. The van der Waals surface area contributed by atoms with Crippen molar-refractivity contribution in [3.05, 3.63) is 35.0 Å². The van der Waals surface area contributed by atoms with Gasteiger partial charge in [-0.2, -0.15) is 0 Å². The molecule has 138 valence electrons. The van der Waals surface area contributed by atoms with Gasteiger partial charge < -0.3 is 14.8 Å². The van der Waals surface area contributed by atoms with Crippen LogP contribution in [0.3, 0.4) is 0 Å². The first-order valence-corrected chi connectivity index (χ1v) is 9.76. The van der Waals surface area contributed by atoms with Crippen molar-refractivity contribution in [1.82, 2.24) is 14.8 Å². The Balaban J connectivity index is 1.51. The maximum absolute atomic E-state index is 13.0. The van der Waals surface area contributed by atoms with E-state index in [1.165, 1.54) is 29.5 Å². The first-order valence-electron chi connectivity index (χ1n) is 9.76. The maximum Gasteiger partial charge on any atom is 0.253 e. The zero-order valence-electron chi connectivity index (χ0n) is 15.7. The minimum atomic E-state index is 0.0134. The predicted molar refractivity (Wildman–Crippen MR) is 102 cm³/mol. The summed E-state index contributed by atoms with van der Waals surface area (Å²) in [6, 6.07) is 6.03. The third-order valence-corrected chi connectivity index (χ3v) is 5.72. The topological polar surface area (TPSA) is 56.4 Å². The molecule has 0 saturated carbocycles. The predicted octanol–water partition coefficient (Wildman–Crippen LogP) is 2.99. The lowest BCUT2D eigenvalue weighted by Gasteiger charge is -2.35. The van der Waals surface area contributed by atoms with Crippen molar-refractivity contribution in [3.63, 3.8) is 0 Å². The Morgan fingerprint density at radius 2 is 1.69 bits per heavy atom. The molecule has 1 aromatic carbocycles. The summed E-state index contributed by atoms with van der Waals surface area (Å²) >= 11 is 0. The number of aromatic amines is 1. The fourth-order valence-electron chi connectivity index (χ4n) is 4.22. The first kappa shape index (κ1) is 17.1. The quantitative estimate of drug-likeness (QED) is 0.902. The number of nitrogens with zero attached hydrogens (tertiary/aromatic N) is 2. The molecule has 5 heteroatoms. The molecule has 4 rings (SSSR count). The van der Waals surface area contributed by atoms with Crippen LogP contribution in [0.25, 0.3) is 10.9 Å².